The zero-order valence-corrected chi connectivity index (χ0v) is 11.9. The minimum absolute atomic E-state index is 0.717. The molecule has 0 amide bonds. The van der Waals surface area contributed by atoms with Crippen molar-refractivity contribution in [1.82, 2.24) is 4.98 Å². The number of nitrogens with zero attached hydrogens (tertiary/aromatic N) is 1. The van der Waals surface area contributed by atoms with Crippen LogP contribution in [0.2, 0.25) is 0 Å². The minimum Gasteiger partial charge on any atom is -0.361 e. The molecule has 1 rings (SSSR count). The number of hydrogen-bond donors (Lipinski definition) is 1. The quantitative estimate of drug-likeness (QED) is 0.811. The van der Waals surface area contributed by atoms with Crippen molar-refractivity contribution in [3.8, 4) is 0 Å². The molecule has 0 aliphatic heterocycles. The van der Waals surface area contributed by atoms with E-state index >= 15 is 0 Å². The van der Waals surface area contributed by atoms with Crippen LogP contribution in [0.25, 0.3) is 0 Å². The standard InChI is InChI=1S/C13H24N2S/c1-6-11-8-16-13(15-11)14-7-12(9(2)3)10(4)5/h8-10,12H,6-7H2,1-5H3,(H,14,15). The van der Waals surface area contributed by atoms with Gasteiger partial charge in [-0.05, 0) is 24.2 Å². The molecule has 0 atom stereocenters. The van der Waals surface area contributed by atoms with Gasteiger partial charge in [-0.1, -0.05) is 34.6 Å². The lowest BCUT2D eigenvalue weighted by Gasteiger charge is -2.24. The molecule has 0 spiro atoms. The Labute approximate surface area is 103 Å². The minimum atomic E-state index is 0.717. The maximum absolute atomic E-state index is 4.53. The van der Waals surface area contributed by atoms with Crippen molar-refractivity contribution >= 4 is 16.5 Å². The van der Waals surface area contributed by atoms with E-state index < -0.39 is 0 Å². The summed E-state index contributed by atoms with van der Waals surface area (Å²) in [6, 6.07) is 0. The molecule has 0 aromatic carbocycles. The Bertz CT molecular complexity index is 297. The van der Waals surface area contributed by atoms with E-state index in [9.17, 15) is 0 Å². The van der Waals surface area contributed by atoms with E-state index in [1.165, 1.54) is 5.69 Å². The number of aryl methyl sites for hydroxylation is 1. The molecule has 1 heterocycles. The predicted octanol–water partition coefficient (Wildman–Crippen LogP) is 4.05. The monoisotopic (exact) mass is 240 g/mol. The molecule has 0 fully saturated rings. The van der Waals surface area contributed by atoms with Crippen LogP contribution in [0.1, 0.15) is 40.3 Å². The van der Waals surface area contributed by atoms with Crippen LogP contribution in [-0.4, -0.2) is 11.5 Å². The first kappa shape index (κ1) is 13.5. The van der Waals surface area contributed by atoms with E-state index in [4.69, 9.17) is 0 Å². The first-order valence-corrected chi connectivity index (χ1v) is 7.10. The molecule has 92 valence electrons. The zero-order chi connectivity index (χ0) is 12.1. The number of anilines is 1. The van der Waals surface area contributed by atoms with Crippen LogP contribution in [-0.2, 0) is 6.42 Å². The SMILES string of the molecule is CCc1csc(NCC(C(C)C)C(C)C)n1. The maximum Gasteiger partial charge on any atom is 0.182 e. The van der Waals surface area contributed by atoms with Gasteiger partial charge in [0, 0.05) is 11.9 Å². The molecule has 16 heavy (non-hydrogen) atoms. The number of nitrogens with one attached hydrogen (secondary N) is 1. The van der Waals surface area contributed by atoms with Crippen molar-refractivity contribution in [3.63, 3.8) is 0 Å². The highest BCUT2D eigenvalue weighted by molar-refractivity contribution is 7.13. The van der Waals surface area contributed by atoms with Crippen molar-refractivity contribution in [3.05, 3.63) is 11.1 Å². The van der Waals surface area contributed by atoms with E-state index in [0.717, 1.165) is 29.9 Å². The highest BCUT2D eigenvalue weighted by Gasteiger charge is 2.17. The van der Waals surface area contributed by atoms with Crippen molar-refractivity contribution in [2.75, 3.05) is 11.9 Å². The molecule has 0 radical (unpaired) electrons. The van der Waals surface area contributed by atoms with Crippen molar-refractivity contribution in [2.24, 2.45) is 17.8 Å². The van der Waals surface area contributed by atoms with E-state index in [-0.39, 0.29) is 0 Å². The van der Waals surface area contributed by atoms with Crippen LogP contribution in [0.5, 0.6) is 0 Å². The summed E-state index contributed by atoms with van der Waals surface area (Å²) in [6.45, 7) is 12.4. The number of aromatic nitrogens is 1. The van der Waals surface area contributed by atoms with Gasteiger partial charge in [0.25, 0.3) is 0 Å². The third-order valence-electron chi connectivity index (χ3n) is 3.12. The van der Waals surface area contributed by atoms with Gasteiger partial charge in [-0.2, -0.15) is 0 Å². The second-order valence-corrected chi connectivity index (χ2v) is 5.89. The summed E-state index contributed by atoms with van der Waals surface area (Å²) in [7, 11) is 0. The van der Waals surface area contributed by atoms with Gasteiger partial charge in [0.05, 0.1) is 5.69 Å². The maximum atomic E-state index is 4.53. The molecule has 1 aromatic heterocycles. The van der Waals surface area contributed by atoms with Crippen LogP contribution in [0.15, 0.2) is 5.38 Å². The van der Waals surface area contributed by atoms with E-state index in [0.29, 0.717) is 5.92 Å². The highest BCUT2D eigenvalue weighted by atomic mass is 32.1. The summed E-state index contributed by atoms with van der Waals surface area (Å²) in [5.41, 5.74) is 1.19. The van der Waals surface area contributed by atoms with Gasteiger partial charge in [0.2, 0.25) is 0 Å². The molecule has 0 unspecified atom stereocenters. The Morgan fingerprint density at radius 2 is 1.88 bits per heavy atom. The lowest BCUT2D eigenvalue weighted by molar-refractivity contribution is 0.304. The summed E-state index contributed by atoms with van der Waals surface area (Å²) >= 11 is 1.72. The van der Waals surface area contributed by atoms with E-state index in [1.807, 2.05) is 0 Å². The Hall–Kier alpha value is -0.570. The van der Waals surface area contributed by atoms with Crippen LogP contribution in [0.3, 0.4) is 0 Å². The largest absolute Gasteiger partial charge is 0.361 e. The average molecular weight is 240 g/mol. The number of rotatable bonds is 6. The fourth-order valence-electron chi connectivity index (χ4n) is 2.00. The third kappa shape index (κ3) is 3.78. The molecular formula is C13H24N2S. The Kier molecular flexibility index (Phi) is 5.26. The van der Waals surface area contributed by atoms with E-state index in [2.05, 4.69) is 50.3 Å². The van der Waals surface area contributed by atoms with Gasteiger partial charge < -0.3 is 5.32 Å². The molecule has 0 aliphatic carbocycles. The fraction of sp³-hybridized carbons (Fsp3) is 0.769. The molecular weight excluding hydrogens is 216 g/mol. The molecule has 0 saturated heterocycles. The summed E-state index contributed by atoms with van der Waals surface area (Å²) in [5, 5.41) is 6.68. The van der Waals surface area contributed by atoms with Crippen LogP contribution in [0, 0.1) is 17.8 Å². The van der Waals surface area contributed by atoms with Gasteiger partial charge >= 0.3 is 0 Å². The molecule has 1 N–H and O–H groups in total. The number of hydrogen-bond acceptors (Lipinski definition) is 3. The van der Waals surface area contributed by atoms with Crippen LogP contribution in [0.4, 0.5) is 5.13 Å². The highest BCUT2D eigenvalue weighted by Crippen LogP contribution is 2.22. The normalized spacial score (nSPS) is 11.8. The summed E-state index contributed by atoms with van der Waals surface area (Å²) in [5.74, 6) is 2.16. The fourth-order valence-corrected chi connectivity index (χ4v) is 2.80. The van der Waals surface area contributed by atoms with Crippen LogP contribution < -0.4 is 5.32 Å². The molecule has 0 saturated carbocycles. The molecule has 0 aliphatic rings. The van der Waals surface area contributed by atoms with Crippen molar-refractivity contribution in [2.45, 2.75) is 41.0 Å². The molecule has 2 nitrogen and oxygen atoms in total. The second kappa shape index (κ2) is 6.24. The lowest BCUT2D eigenvalue weighted by atomic mass is 9.86. The van der Waals surface area contributed by atoms with Crippen LogP contribution >= 0.6 is 11.3 Å². The number of thiazole rings is 1. The average Bonchev–Trinajstić information content (AvgIpc) is 2.65. The molecule has 3 heteroatoms. The first-order valence-electron chi connectivity index (χ1n) is 6.22. The summed E-state index contributed by atoms with van der Waals surface area (Å²) < 4.78 is 0. The molecule has 1 aromatic rings. The predicted molar refractivity (Wildman–Crippen MR) is 73.1 cm³/mol. The Morgan fingerprint density at radius 3 is 2.31 bits per heavy atom. The second-order valence-electron chi connectivity index (χ2n) is 5.03. The summed E-state index contributed by atoms with van der Waals surface area (Å²) in [6.07, 6.45) is 1.02. The Balaban J connectivity index is 2.48. The lowest BCUT2D eigenvalue weighted by Crippen LogP contribution is -2.24. The summed E-state index contributed by atoms with van der Waals surface area (Å²) in [4.78, 5) is 4.53. The molecule has 0 bridgehead atoms. The first-order chi connectivity index (χ1) is 7.54. The van der Waals surface area contributed by atoms with Crippen molar-refractivity contribution < 1.29 is 0 Å². The van der Waals surface area contributed by atoms with Gasteiger partial charge in [0.15, 0.2) is 5.13 Å². The van der Waals surface area contributed by atoms with Gasteiger partial charge in [-0.15, -0.1) is 11.3 Å². The van der Waals surface area contributed by atoms with E-state index in [1.54, 1.807) is 11.3 Å². The topological polar surface area (TPSA) is 24.9 Å². The van der Waals surface area contributed by atoms with Gasteiger partial charge in [0.1, 0.15) is 0 Å². The van der Waals surface area contributed by atoms with Crippen molar-refractivity contribution in [1.29, 1.82) is 0 Å². The third-order valence-corrected chi connectivity index (χ3v) is 3.96. The van der Waals surface area contributed by atoms with Gasteiger partial charge in [-0.25, -0.2) is 4.98 Å². The van der Waals surface area contributed by atoms with Gasteiger partial charge in [-0.3, -0.25) is 0 Å². The smallest absolute Gasteiger partial charge is 0.182 e. The zero-order valence-electron chi connectivity index (χ0n) is 11.1. The Morgan fingerprint density at radius 1 is 1.25 bits per heavy atom.